The van der Waals surface area contributed by atoms with E-state index >= 15 is 0 Å². The van der Waals surface area contributed by atoms with Gasteiger partial charge >= 0.3 is 5.97 Å². The summed E-state index contributed by atoms with van der Waals surface area (Å²) in [5, 5.41) is 9.51. The highest BCUT2D eigenvalue weighted by Crippen LogP contribution is 2.46. The van der Waals surface area contributed by atoms with Gasteiger partial charge in [-0.1, -0.05) is 57.5 Å². The van der Waals surface area contributed by atoms with E-state index in [-0.39, 0.29) is 5.92 Å². The molecule has 0 bridgehead atoms. The van der Waals surface area contributed by atoms with Gasteiger partial charge in [0.15, 0.2) is 0 Å². The number of nitrogens with two attached hydrogens (primary N) is 1. The van der Waals surface area contributed by atoms with Crippen LogP contribution in [-0.4, -0.2) is 17.1 Å². The summed E-state index contributed by atoms with van der Waals surface area (Å²) in [7, 11) is 0. The van der Waals surface area contributed by atoms with Gasteiger partial charge in [-0.3, -0.25) is 4.79 Å². The van der Waals surface area contributed by atoms with Gasteiger partial charge in [-0.05, 0) is 42.1 Å². The van der Waals surface area contributed by atoms with Gasteiger partial charge in [0.2, 0.25) is 0 Å². The maximum Gasteiger partial charge on any atom is 0.321 e. The molecule has 1 aliphatic carbocycles. The summed E-state index contributed by atoms with van der Waals surface area (Å²) in [4.78, 5) is 11.6. The Hall–Kier alpha value is -1.35. The van der Waals surface area contributed by atoms with Crippen LogP contribution in [0.25, 0.3) is 0 Å². The quantitative estimate of drug-likeness (QED) is 0.867. The number of aliphatic carboxylic acids is 1. The Morgan fingerprint density at radius 2 is 1.82 bits per heavy atom. The van der Waals surface area contributed by atoms with Gasteiger partial charge in [0.25, 0.3) is 0 Å². The van der Waals surface area contributed by atoms with Crippen LogP contribution >= 0.6 is 0 Å². The van der Waals surface area contributed by atoms with E-state index in [1.165, 1.54) is 12.8 Å². The highest BCUT2D eigenvalue weighted by molar-refractivity contribution is 5.74. The SMILES string of the molecule is CC1CCC(C(C)C)C([C@H](c2ccccc2)[C@@H](N)C(=O)O)C1. The van der Waals surface area contributed by atoms with Gasteiger partial charge in [0, 0.05) is 5.92 Å². The molecule has 0 radical (unpaired) electrons. The van der Waals surface area contributed by atoms with Gasteiger partial charge in [0.1, 0.15) is 6.04 Å². The molecule has 3 unspecified atom stereocenters. The number of carbonyl (C=O) groups is 1. The van der Waals surface area contributed by atoms with Crippen molar-refractivity contribution >= 4 is 5.97 Å². The molecule has 1 saturated carbocycles. The number of rotatable bonds is 5. The summed E-state index contributed by atoms with van der Waals surface area (Å²) >= 11 is 0. The molecular formula is C19H29NO2. The molecule has 3 heteroatoms. The van der Waals surface area contributed by atoms with Crippen LogP contribution in [0.15, 0.2) is 30.3 Å². The molecular weight excluding hydrogens is 274 g/mol. The highest BCUT2D eigenvalue weighted by Gasteiger charge is 2.40. The average molecular weight is 303 g/mol. The molecule has 5 atom stereocenters. The smallest absolute Gasteiger partial charge is 0.321 e. The maximum absolute atomic E-state index is 11.6. The number of hydrogen-bond donors (Lipinski definition) is 2. The lowest BCUT2D eigenvalue weighted by Gasteiger charge is -2.43. The molecule has 0 aromatic heterocycles. The Balaban J connectivity index is 2.39. The van der Waals surface area contributed by atoms with E-state index in [0.717, 1.165) is 12.0 Å². The van der Waals surface area contributed by atoms with Crippen molar-refractivity contribution in [1.82, 2.24) is 0 Å². The Kier molecular flexibility index (Phi) is 5.63. The van der Waals surface area contributed by atoms with E-state index < -0.39 is 12.0 Å². The maximum atomic E-state index is 11.6. The minimum Gasteiger partial charge on any atom is -0.480 e. The molecule has 2 rings (SSSR count). The first kappa shape index (κ1) is 17.0. The van der Waals surface area contributed by atoms with Crippen molar-refractivity contribution < 1.29 is 9.90 Å². The zero-order valence-corrected chi connectivity index (χ0v) is 13.9. The largest absolute Gasteiger partial charge is 0.480 e. The van der Waals surface area contributed by atoms with Crippen molar-refractivity contribution in [3.8, 4) is 0 Å². The van der Waals surface area contributed by atoms with Gasteiger partial charge in [-0.2, -0.15) is 0 Å². The zero-order chi connectivity index (χ0) is 16.3. The Bertz CT molecular complexity index is 485. The molecule has 0 heterocycles. The second-order valence-corrected chi connectivity index (χ2v) is 7.29. The van der Waals surface area contributed by atoms with E-state index in [2.05, 4.69) is 20.8 Å². The van der Waals surface area contributed by atoms with Gasteiger partial charge < -0.3 is 10.8 Å². The van der Waals surface area contributed by atoms with E-state index in [4.69, 9.17) is 5.73 Å². The number of carboxylic acids is 1. The molecule has 1 aromatic rings. The van der Waals surface area contributed by atoms with Crippen molar-refractivity contribution in [2.75, 3.05) is 0 Å². The molecule has 1 aromatic carbocycles. The van der Waals surface area contributed by atoms with Crippen molar-refractivity contribution in [1.29, 1.82) is 0 Å². The fourth-order valence-electron chi connectivity index (χ4n) is 4.24. The van der Waals surface area contributed by atoms with Crippen LogP contribution < -0.4 is 5.73 Å². The van der Waals surface area contributed by atoms with Crippen LogP contribution in [0.2, 0.25) is 0 Å². The molecule has 1 fully saturated rings. The first-order valence-electron chi connectivity index (χ1n) is 8.45. The van der Waals surface area contributed by atoms with E-state index in [0.29, 0.717) is 23.7 Å². The predicted octanol–water partition coefficient (Wildman–Crippen LogP) is 3.89. The molecule has 0 spiro atoms. The summed E-state index contributed by atoms with van der Waals surface area (Å²) in [6.45, 7) is 6.78. The lowest BCUT2D eigenvalue weighted by atomic mass is 9.62. The second-order valence-electron chi connectivity index (χ2n) is 7.29. The van der Waals surface area contributed by atoms with Crippen LogP contribution in [0.5, 0.6) is 0 Å². The predicted molar refractivity (Wildman–Crippen MR) is 89.6 cm³/mol. The first-order valence-corrected chi connectivity index (χ1v) is 8.45. The topological polar surface area (TPSA) is 63.3 Å². The van der Waals surface area contributed by atoms with E-state index in [1.807, 2.05) is 30.3 Å². The van der Waals surface area contributed by atoms with Gasteiger partial charge in [0.05, 0.1) is 0 Å². The summed E-state index contributed by atoms with van der Waals surface area (Å²) < 4.78 is 0. The van der Waals surface area contributed by atoms with E-state index in [9.17, 15) is 9.90 Å². The van der Waals surface area contributed by atoms with Crippen LogP contribution in [0.4, 0.5) is 0 Å². The monoisotopic (exact) mass is 303 g/mol. The third-order valence-corrected chi connectivity index (χ3v) is 5.39. The lowest BCUT2D eigenvalue weighted by Crippen LogP contribution is -2.44. The van der Waals surface area contributed by atoms with Crippen LogP contribution in [-0.2, 0) is 4.79 Å². The van der Waals surface area contributed by atoms with Crippen LogP contribution in [0.1, 0.15) is 51.5 Å². The van der Waals surface area contributed by atoms with Crippen molar-refractivity contribution in [2.45, 2.75) is 52.0 Å². The fraction of sp³-hybridized carbons (Fsp3) is 0.632. The summed E-state index contributed by atoms with van der Waals surface area (Å²) in [5.41, 5.74) is 7.20. The van der Waals surface area contributed by atoms with Crippen LogP contribution in [0.3, 0.4) is 0 Å². The minimum absolute atomic E-state index is 0.103. The third-order valence-electron chi connectivity index (χ3n) is 5.39. The second kappa shape index (κ2) is 7.28. The van der Waals surface area contributed by atoms with E-state index in [1.54, 1.807) is 0 Å². The zero-order valence-electron chi connectivity index (χ0n) is 13.9. The fourth-order valence-corrected chi connectivity index (χ4v) is 4.24. The molecule has 0 saturated heterocycles. The van der Waals surface area contributed by atoms with Crippen molar-refractivity contribution in [3.05, 3.63) is 35.9 Å². The highest BCUT2D eigenvalue weighted by atomic mass is 16.4. The Morgan fingerprint density at radius 3 is 2.36 bits per heavy atom. The Labute approximate surface area is 133 Å². The third kappa shape index (κ3) is 3.70. The summed E-state index contributed by atoms with van der Waals surface area (Å²) in [6, 6.07) is 9.16. The standard InChI is InChI=1S/C19H29NO2/c1-12(2)15-10-9-13(3)11-16(15)17(18(20)19(21)22)14-7-5-4-6-8-14/h4-8,12-13,15-18H,9-11,20H2,1-3H3,(H,21,22)/t13?,15?,16?,17-,18+/m0/s1. The number of benzene rings is 1. The number of hydrogen-bond acceptors (Lipinski definition) is 2. The van der Waals surface area contributed by atoms with Crippen LogP contribution in [0, 0.1) is 23.7 Å². The molecule has 3 nitrogen and oxygen atoms in total. The molecule has 1 aliphatic rings. The summed E-state index contributed by atoms with van der Waals surface area (Å²) in [5.74, 6) is 1.10. The Morgan fingerprint density at radius 1 is 1.18 bits per heavy atom. The number of carboxylic acid groups (broad SMARTS) is 1. The molecule has 3 N–H and O–H groups in total. The molecule has 0 amide bonds. The lowest BCUT2D eigenvalue weighted by molar-refractivity contribution is -0.139. The first-order chi connectivity index (χ1) is 10.4. The van der Waals surface area contributed by atoms with Gasteiger partial charge in [-0.25, -0.2) is 0 Å². The minimum atomic E-state index is -0.894. The van der Waals surface area contributed by atoms with Crippen molar-refractivity contribution in [2.24, 2.45) is 29.4 Å². The summed E-state index contributed by atoms with van der Waals surface area (Å²) in [6.07, 6.45) is 3.49. The van der Waals surface area contributed by atoms with Gasteiger partial charge in [-0.15, -0.1) is 0 Å². The average Bonchev–Trinajstić information content (AvgIpc) is 2.48. The normalized spacial score (nSPS) is 28.3. The molecule has 22 heavy (non-hydrogen) atoms. The molecule has 0 aliphatic heterocycles. The molecule has 122 valence electrons. The van der Waals surface area contributed by atoms with Crippen molar-refractivity contribution in [3.63, 3.8) is 0 Å².